The van der Waals surface area contributed by atoms with Crippen LogP contribution in [0, 0.1) is 0 Å². The molecule has 3 heteroatoms. The Morgan fingerprint density at radius 3 is 2.78 bits per heavy atom. The molecule has 0 saturated heterocycles. The maximum Gasteiger partial charge on any atom is 0.0611 e. The van der Waals surface area contributed by atoms with Crippen molar-refractivity contribution in [2.75, 3.05) is 19.7 Å². The SMILES string of the molecule is CCNCCCCOS. The minimum absolute atomic E-state index is 0.758. The largest absolute Gasteiger partial charge is 0.318 e. The van der Waals surface area contributed by atoms with Gasteiger partial charge in [-0.05, 0) is 38.8 Å². The molecule has 0 aliphatic carbocycles. The van der Waals surface area contributed by atoms with Crippen LogP contribution in [0.1, 0.15) is 19.8 Å². The van der Waals surface area contributed by atoms with Gasteiger partial charge in [0, 0.05) is 0 Å². The Balaban J connectivity index is 2.60. The van der Waals surface area contributed by atoms with Crippen LogP contribution in [0.3, 0.4) is 0 Å². The molecule has 0 fully saturated rings. The third-order valence-corrected chi connectivity index (χ3v) is 1.27. The molecule has 0 heterocycles. The molecule has 2 nitrogen and oxygen atoms in total. The Labute approximate surface area is 62.6 Å². The summed E-state index contributed by atoms with van der Waals surface area (Å²) in [7, 11) is 0. The van der Waals surface area contributed by atoms with Crippen LogP contribution in [0.5, 0.6) is 0 Å². The lowest BCUT2D eigenvalue weighted by Gasteiger charge is -1.98. The Morgan fingerprint density at radius 2 is 2.22 bits per heavy atom. The molecule has 0 aromatic carbocycles. The van der Waals surface area contributed by atoms with Crippen molar-refractivity contribution in [2.45, 2.75) is 19.8 Å². The van der Waals surface area contributed by atoms with Gasteiger partial charge in [0.2, 0.25) is 0 Å². The van der Waals surface area contributed by atoms with E-state index in [2.05, 4.69) is 29.3 Å². The zero-order valence-electron chi connectivity index (χ0n) is 5.89. The van der Waals surface area contributed by atoms with Crippen LogP contribution >= 0.6 is 12.9 Å². The normalized spacial score (nSPS) is 10.0. The van der Waals surface area contributed by atoms with E-state index in [1.54, 1.807) is 0 Å². The topological polar surface area (TPSA) is 21.3 Å². The number of thiol groups is 1. The van der Waals surface area contributed by atoms with E-state index in [9.17, 15) is 0 Å². The van der Waals surface area contributed by atoms with E-state index >= 15 is 0 Å². The van der Waals surface area contributed by atoms with Crippen LogP contribution < -0.4 is 5.32 Å². The van der Waals surface area contributed by atoms with Crippen molar-refractivity contribution in [3.8, 4) is 0 Å². The van der Waals surface area contributed by atoms with Crippen molar-refractivity contribution >= 4 is 12.9 Å². The van der Waals surface area contributed by atoms with E-state index in [1.165, 1.54) is 6.42 Å². The highest BCUT2D eigenvalue weighted by molar-refractivity contribution is 7.75. The van der Waals surface area contributed by atoms with Gasteiger partial charge >= 0.3 is 0 Å². The molecule has 1 N–H and O–H groups in total. The average Bonchev–Trinajstić information content (AvgIpc) is 1.89. The van der Waals surface area contributed by atoms with Crippen LogP contribution in [-0.2, 0) is 4.18 Å². The molecule has 0 bridgehead atoms. The summed E-state index contributed by atoms with van der Waals surface area (Å²) in [5.74, 6) is 0. The van der Waals surface area contributed by atoms with Crippen molar-refractivity contribution in [2.24, 2.45) is 0 Å². The minimum atomic E-state index is 0.758. The molecule has 0 aliphatic heterocycles. The maximum absolute atomic E-state index is 4.59. The van der Waals surface area contributed by atoms with Crippen LogP contribution in [0.15, 0.2) is 0 Å². The van der Waals surface area contributed by atoms with Gasteiger partial charge in [0.1, 0.15) is 0 Å². The first-order valence-electron chi connectivity index (χ1n) is 3.39. The second kappa shape index (κ2) is 8.27. The van der Waals surface area contributed by atoms with Gasteiger partial charge in [0.25, 0.3) is 0 Å². The second-order valence-electron chi connectivity index (χ2n) is 1.89. The fourth-order valence-electron chi connectivity index (χ4n) is 0.593. The molecule has 0 atom stereocenters. The maximum atomic E-state index is 4.59. The summed E-state index contributed by atoms with van der Waals surface area (Å²) in [4.78, 5) is 0. The van der Waals surface area contributed by atoms with E-state index in [-0.39, 0.29) is 0 Å². The lowest BCUT2D eigenvalue weighted by Crippen LogP contribution is -2.14. The molecule has 0 aromatic rings. The summed E-state index contributed by atoms with van der Waals surface area (Å²) in [5, 5.41) is 3.23. The fourth-order valence-corrected chi connectivity index (χ4v) is 0.722. The summed E-state index contributed by atoms with van der Waals surface area (Å²) in [5.41, 5.74) is 0. The fraction of sp³-hybridized carbons (Fsp3) is 1.00. The van der Waals surface area contributed by atoms with Crippen LogP contribution in [0.2, 0.25) is 0 Å². The van der Waals surface area contributed by atoms with Gasteiger partial charge in [-0.1, -0.05) is 6.92 Å². The van der Waals surface area contributed by atoms with Gasteiger partial charge in [-0.3, -0.25) is 0 Å². The van der Waals surface area contributed by atoms with Gasteiger partial charge in [0.15, 0.2) is 0 Å². The predicted octanol–water partition coefficient (Wildman–Crippen LogP) is 1.24. The van der Waals surface area contributed by atoms with E-state index < -0.39 is 0 Å². The van der Waals surface area contributed by atoms with E-state index in [0.29, 0.717) is 0 Å². The third kappa shape index (κ3) is 8.27. The highest BCUT2D eigenvalue weighted by atomic mass is 32.1. The standard InChI is InChI=1S/C6H15NOS/c1-2-7-5-3-4-6-8-9/h7,9H,2-6H2,1H3. The zero-order chi connectivity index (χ0) is 6.95. The highest BCUT2D eigenvalue weighted by Gasteiger charge is 1.84. The molecule has 0 unspecified atom stereocenters. The van der Waals surface area contributed by atoms with E-state index in [1.807, 2.05) is 0 Å². The summed E-state index contributed by atoms with van der Waals surface area (Å²) in [6.07, 6.45) is 2.27. The summed E-state index contributed by atoms with van der Waals surface area (Å²) in [6, 6.07) is 0. The van der Waals surface area contributed by atoms with Crippen molar-refractivity contribution in [1.29, 1.82) is 0 Å². The number of unbranched alkanes of at least 4 members (excludes halogenated alkanes) is 1. The lowest BCUT2D eigenvalue weighted by molar-refractivity contribution is 0.364. The monoisotopic (exact) mass is 149 g/mol. The highest BCUT2D eigenvalue weighted by Crippen LogP contribution is 1.89. The molecule has 56 valence electrons. The summed E-state index contributed by atoms with van der Waals surface area (Å²) < 4.78 is 4.59. The van der Waals surface area contributed by atoms with Crippen molar-refractivity contribution in [3.63, 3.8) is 0 Å². The molecule has 9 heavy (non-hydrogen) atoms. The first-order valence-corrected chi connectivity index (χ1v) is 3.75. The molecular formula is C6H15NOS. The van der Waals surface area contributed by atoms with Crippen LogP contribution in [0.4, 0.5) is 0 Å². The van der Waals surface area contributed by atoms with E-state index in [4.69, 9.17) is 0 Å². The van der Waals surface area contributed by atoms with Gasteiger partial charge in [-0.2, -0.15) is 0 Å². The Bertz CT molecular complexity index is 46.3. The van der Waals surface area contributed by atoms with Crippen molar-refractivity contribution in [1.82, 2.24) is 5.32 Å². The van der Waals surface area contributed by atoms with E-state index in [0.717, 1.165) is 26.1 Å². The first kappa shape index (κ1) is 9.27. The predicted molar refractivity (Wildman–Crippen MR) is 42.7 cm³/mol. The quantitative estimate of drug-likeness (QED) is 0.337. The summed E-state index contributed by atoms with van der Waals surface area (Å²) >= 11 is 3.63. The lowest BCUT2D eigenvalue weighted by atomic mass is 10.3. The van der Waals surface area contributed by atoms with Crippen molar-refractivity contribution < 1.29 is 4.18 Å². The molecule has 0 radical (unpaired) electrons. The number of rotatable bonds is 6. The molecule has 0 aromatic heterocycles. The number of hydrogen-bond donors (Lipinski definition) is 2. The Morgan fingerprint density at radius 1 is 1.44 bits per heavy atom. The van der Waals surface area contributed by atoms with Crippen molar-refractivity contribution in [3.05, 3.63) is 0 Å². The molecular weight excluding hydrogens is 134 g/mol. The molecule has 0 spiro atoms. The first-order chi connectivity index (χ1) is 4.41. The minimum Gasteiger partial charge on any atom is -0.318 e. The Hall–Kier alpha value is 0.270. The second-order valence-corrected chi connectivity index (χ2v) is 2.15. The molecule has 0 amide bonds. The van der Waals surface area contributed by atoms with Gasteiger partial charge in [0.05, 0.1) is 6.61 Å². The average molecular weight is 149 g/mol. The summed E-state index contributed by atoms with van der Waals surface area (Å²) in [6.45, 7) is 5.01. The molecule has 0 aliphatic rings. The van der Waals surface area contributed by atoms with Gasteiger partial charge in [-0.15, -0.1) is 0 Å². The van der Waals surface area contributed by atoms with Gasteiger partial charge in [-0.25, -0.2) is 0 Å². The zero-order valence-corrected chi connectivity index (χ0v) is 6.79. The number of hydrogen-bond acceptors (Lipinski definition) is 3. The van der Waals surface area contributed by atoms with Gasteiger partial charge < -0.3 is 9.50 Å². The Kier molecular flexibility index (Phi) is 8.52. The molecule has 0 saturated carbocycles. The molecule has 0 rings (SSSR count). The number of nitrogens with one attached hydrogen (secondary N) is 1. The van der Waals surface area contributed by atoms with Crippen LogP contribution in [-0.4, -0.2) is 19.7 Å². The smallest absolute Gasteiger partial charge is 0.0611 e. The van der Waals surface area contributed by atoms with Crippen LogP contribution in [0.25, 0.3) is 0 Å². The third-order valence-electron chi connectivity index (χ3n) is 1.09.